The molecule has 0 aliphatic carbocycles. The number of thiophene rings is 1. The largest absolute Gasteiger partial charge is 0.364 e. The minimum atomic E-state index is -0.502. The summed E-state index contributed by atoms with van der Waals surface area (Å²) in [4.78, 5) is 24.9. The van der Waals surface area contributed by atoms with Gasteiger partial charge in [-0.2, -0.15) is 5.10 Å². The van der Waals surface area contributed by atoms with Crippen LogP contribution in [0.1, 0.15) is 46.7 Å². The number of aromatic amines is 1. The molecule has 1 fully saturated rings. The number of anilines is 1. The van der Waals surface area contributed by atoms with Crippen LogP contribution in [0, 0.1) is 0 Å². The van der Waals surface area contributed by atoms with Gasteiger partial charge in [-0.25, -0.2) is 9.97 Å². The van der Waals surface area contributed by atoms with Gasteiger partial charge in [-0.05, 0) is 31.4 Å². The molecular weight excluding hydrogens is 336 g/mol. The average Bonchev–Trinajstić information content (AvgIpc) is 3.28. The summed E-state index contributed by atoms with van der Waals surface area (Å²) in [5, 5.41) is 8.11. The number of nitrogens with two attached hydrogens (primary N) is 1. The van der Waals surface area contributed by atoms with Crippen LogP contribution >= 0.6 is 11.3 Å². The van der Waals surface area contributed by atoms with E-state index in [4.69, 9.17) is 5.73 Å². The van der Waals surface area contributed by atoms with Gasteiger partial charge >= 0.3 is 0 Å². The van der Waals surface area contributed by atoms with Crippen molar-refractivity contribution >= 4 is 33.3 Å². The van der Waals surface area contributed by atoms with E-state index in [0.717, 1.165) is 54.1 Å². The second-order valence-corrected chi connectivity index (χ2v) is 7.46. The fraction of sp³-hybridized carbons (Fsp3) is 0.412. The summed E-state index contributed by atoms with van der Waals surface area (Å²) in [7, 11) is 0. The second-order valence-electron chi connectivity index (χ2n) is 6.34. The Morgan fingerprint density at radius 1 is 1.44 bits per heavy atom. The van der Waals surface area contributed by atoms with Crippen LogP contribution in [0.25, 0.3) is 10.2 Å². The van der Waals surface area contributed by atoms with Gasteiger partial charge in [-0.15, -0.1) is 11.3 Å². The smallest absolute Gasteiger partial charge is 0.269 e. The molecule has 1 aliphatic rings. The summed E-state index contributed by atoms with van der Waals surface area (Å²) in [5.74, 6) is 0.780. The Kier molecular flexibility index (Phi) is 4.12. The standard InChI is InChI=1S/C17H20N6OS/c1-2-11-6-12-16(19-9-20-17(12)25-11)23-5-3-4-10(8-23)13-7-14(15(18)24)22-21-13/h6-7,9-10H,2-5,8H2,1H3,(H2,18,24)(H,21,22)/t10-/m1/s1. The first-order chi connectivity index (χ1) is 12.2. The van der Waals surface area contributed by atoms with Crippen molar-refractivity contribution in [1.29, 1.82) is 0 Å². The maximum atomic E-state index is 11.3. The Balaban J connectivity index is 1.62. The molecule has 3 aromatic heterocycles. The van der Waals surface area contributed by atoms with E-state index < -0.39 is 5.91 Å². The average molecular weight is 356 g/mol. The molecular formula is C17H20N6OS. The molecule has 4 heterocycles. The van der Waals surface area contributed by atoms with Crippen molar-refractivity contribution in [3.63, 3.8) is 0 Å². The quantitative estimate of drug-likeness (QED) is 0.748. The lowest BCUT2D eigenvalue weighted by Gasteiger charge is -2.33. The maximum Gasteiger partial charge on any atom is 0.269 e. The van der Waals surface area contributed by atoms with Crippen molar-refractivity contribution in [2.75, 3.05) is 18.0 Å². The van der Waals surface area contributed by atoms with Gasteiger partial charge in [0.15, 0.2) is 0 Å². The number of nitrogens with one attached hydrogen (secondary N) is 1. The van der Waals surface area contributed by atoms with Crippen molar-refractivity contribution < 1.29 is 4.79 Å². The van der Waals surface area contributed by atoms with E-state index >= 15 is 0 Å². The molecule has 3 aromatic rings. The molecule has 4 rings (SSSR count). The Morgan fingerprint density at radius 3 is 3.08 bits per heavy atom. The summed E-state index contributed by atoms with van der Waals surface area (Å²) in [6.45, 7) is 3.96. The van der Waals surface area contributed by atoms with Crippen LogP contribution in [0.4, 0.5) is 5.82 Å². The van der Waals surface area contributed by atoms with Gasteiger partial charge in [-0.1, -0.05) is 6.92 Å². The highest BCUT2D eigenvalue weighted by atomic mass is 32.1. The molecule has 0 radical (unpaired) electrons. The van der Waals surface area contributed by atoms with E-state index in [1.807, 2.05) is 0 Å². The van der Waals surface area contributed by atoms with Gasteiger partial charge in [0, 0.05) is 29.6 Å². The third kappa shape index (κ3) is 2.97. The molecule has 1 aliphatic heterocycles. The van der Waals surface area contributed by atoms with E-state index in [0.29, 0.717) is 5.69 Å². The zero-order valence-electron chi connectivity index (χ0n) is 14.0. The van der Waals surface area contributed by atoms with Gasteiger partial charge in [0.1, 0.15) is 22.7 Å². The Hall–Kier alpha value is -2.48. The van der Waals surface area contributed by atoms with E-state index in [1.54, 1.807) is 23.7 Å². The van der Waals surface area contributed by atoms with Gasteiger partial charge in [0.2, 0.25) is 0 Å². The number of piperidine rings is 1. The number of aryl methyl sites for hydroxylation is 1. The third-order valence-electron chi connectivity index (χ3n) is 4.72. The molecule has 0 saturated carbocycles. The predicted molar refractivity (Wildman–Crippen MR) is 98.1 cm³/mol. The topological polar surface area (TPSA) is 101 Å². The highest BCUT2D eigenvalue weighted by Crippen LogP contribution is 2.34. The van der Waals surface area contributed by atoms with E-state index in [1.165, 1.54) is 4.88 Å². The first-order valence-electron chi connectivity index (χ1n) is 8.49. The number of rotatable bonds is 4. The number of fused-ring (bicyclic) bond motifs is 1. The van der Waals surface area contributed by atoms with E-state index in [2.05, 4.69) is 38.1 Å². The molecule has 8 heteroatoms. The number of H-pyrrole nitrogens is 1. The number of hydrogen-bond donors (Lipinski definition) is 2. The zero-order chi connectivity index (χ0) is 17.4. The Morgan fingerprint density at radius 2 is 2.32 bits per heavy atom. The second kappa shape index (κ2) is 6.44. The van der Waals surface area contributed by atoms with Crippen molar-refractivity contribution in [3.05, 3.63) is 34.7 Å². The minimum Gasteiger partial charge on any atom is -0.364 e. The van der Waals surface area contributed by atoms with Crippen LogP contribution < -0.4 is 10.6 Å². The first-order valence-corrected chi connectivity index (χ1v) is 9.30. The number of carbonyl (C=O) groups is 1. The molecule has 130 valence electrons. The number of nitrogens with zero attached hydrogens (tertiary/aromatic N) is 4. The summed E-state index contributed by atoms with van der Waals surface area (Å²) < 4.78 is 0. The van der Waals surface area contributed by atoms with Crippen molar-refractivity contribution in [2.45, 2.75) is 32.1 Å². The summed E-state index contributed by atoms with van der Waals surface area (Å²) in [6.07, 6.45) is 4.77. The predicted octanol–water partition coefficient (Wildman–Crippen LogP) is 2.46. The van der Waals surface area contributed by atoms with Crippen LogP contribution in [0.5, 0.6) is 0 Å². The molecule has 0 bridgehead atoms. The Labute approximate surface area is 149 Å². The fourth-order valence-corrected chi connectivity index (χ4v) is 4.34. The van der Waals surface area contributed by atoms with E-state index in [9.17, 15) is 4.79 Å². The molecule has 3 N–H and O–H groups in total. The van der Waals surface area contributed by atoms with Crippen LogP contribution in [0.3, 0.4) is 0 Å². The lowest BCUT2D eigenvalue weighted by atomic mass is 9.94. The summed E-state index contributed by atoms with van der Waals surface area (Å²) in [5.41, 5.74) is 6.56. The lowest BCUT2D eigenvalue weighted by Crippen LogP contribution is -2.35. The van der Waals surface area contributed by atoms with Crippen LogP contribution in [0.15, 0.2) is 18.5 Å². The monoisotopic (exact) mass is 356 g/mol. The number of carbonyl (C=O) groups excluding carboxylic acids is 1. The van der Waals surface area contributed by atoms with Crippen LogP contribution in [-0.4, -0.2) is 39.2 Å². The number of amides is 1. The van der Waals surface area contributed by atoms with Gasteiger partial charge in [0.25, 0.3) is 5.91 Å². The first kappa shape index (κ1) is 16.0. The molecule has 0 aromatic carbocycles. The molecule has 0 spiro atoms. The van der Waals surface area contributed by atoms with Gasteiger partial charge in [0.05, 0.1) is 5.39 Å². The fourth-order valence-electron chi connectivity index (χ4n) is 3.41. The van der Waals surface area contributed by atoms with Crippen molar-refractivity contribution in [1.82, 2.24) is 20.2 Å². The maximum absolute atomic E-state index is 11.3. The molecule has 7 nitrogen and oxygen atoms in total. The number of hydrogen-bond acceptors (Lipinski definition) is 6. The van der Waals surface area contributed by atoms with E-state index in [-0.39, 0.29) is 5.92 Å². The molecule has 25 heavy (non-hydrogen) atoms. The normalized spacial score (nSPS) is 18.0. The van der Waals surface area contributed by atoms with Crippen molar-refractivity contribution in [2.24, 2.45) is 5.73 Å². The third-order valence-corrected chi connectivity index (χ3v) is 5.91. The minimum absolute atomic E-state index is 0.281. The van der Waals surface area contributed by atoms with Crippen molar-refractivity contribution in [3.8, 4) is 0 Å². The number of aromatic nitrogens is 4. The molecule has 1 amide bonds. The molecule has 0 unspecified atom stereocenters. The van der Waals surface area contributed by atoms with Gasteiger partial charge in [-0.3, -0.25) is 9.89 Å². The summed E-state index contributed by atoms with van der Waals surface area (Å²) >= 11 is 1.73. The zero-order valence-corrected chi connectivity index (χ0v) is 14.8. The number of primary amides is 1. The summed E-state index contributed by atoms with van der Waals surface area (Å²) in [6, 6.07) is 3.98. The van der Waals surface area contributed by atoms with Gasteiger partial charge < -0.3 is 10.6 Å². The van der Waals surface area contributed by atoms with Crippen LogP contribution in [0.2, 0.25) is 0 Å². The highest BCUT2D eigenvalue weighted by Gasteiger charge is 2.26. The molecule has 1 atom stereocenters. The Bertz CT molecular complexity index is 917. The SMILES string of the molecule is CCc1cc2c(N3CCC[C@@H](c4cc(C(N)=O)n[nH]4)C3)ncnc2s1. The molecule has 1 saturated heterocycles. The van der Waals surface area contributed by atoms with Crippen LogP contribution in [-0.2, 0) is 6.42 Å². The lowest BCUT2D eigenvalue weighted by molar-refractivity contribution is 0.0995. The highest BCUT2D eigenvalue weighted by molar-refractivity contribution is 7.18.